The Morgan fingerprint density at radius 2 is 1.74 bits per heavy atom. The number of benzene rings is 2. The molecule has 0 radical (unpaired) electrons. The molecule has 34 heavy (non-hydrogen) atoms. The van der Waals surface area contributed by atoms with Crippen LogP contribution in [0.4, 0.5) is 0 Å². The molecule has 0 unspecified atom stereocenters. The molecule has 0 atom stereocenters. The molecule has 8 nitrogen and oxygen atoms in total. The van der Waals surface area contributed by atoms with Crippen molar-refractivity contribution in [2.75, 3.05) is 32.8 Å². The van der Waals surface area contributed by atoms with Crippen molar-refractivity contribution in [3.63, 3.8) is 0 Å². The minimum Gasteiger partial charge on any atom is -0.494 e. The number of pyridine rings is 1. The molecule has 2 aromatic heterocycles. The summed E-state index contributed by atoms with van der Waals surface area (Å²) in [4.78, 5) is 2.47. The van der Waals surface area contributed by atoms with Gasteiger partial charge in [-0.05, 0) is 68.0 Å². The van der Waals surface area contributed by atoms with Crippen LogP contribution in [0.25, 0.3) is 16.6 Å². The topological polar surface area (TPSA) is 72.1 Å². The Balaban J connectivity index is 1.31. The maximum Gasteiger partial charge on any atom is 0.243 e. The first-order valence-corrected chi connectivity index (χ1v) is 13.2. The number of rotatable bonds is 6. The number of ether oxygens (including phenoxy) is 1. The summed E-state index contributed by atoms with van der Waals surface area (Å²) in [5.41, 5.74) is 3.02. The Hall–Kier alpha value is -2.79. The zero-order valence-corrected chi connectivity index (χ0v) is 20.8. The molecule has 4 aromatic rings. The van der Waals surface area contributed by atoms with Gasteiger partial charge in [0.25, 0.3) is 0 Å². The van der Waals surface area contributed by atoms with Gasteiger partial charge < -0.3 is 4.74 Å². The fourth-order valence-electron chi connectivity index (χ4n) is 4.43. The minimum atomic E-state index is -3.54. The standard InChI is InChI=1S/C24H27N5O3S2/c1-3-32-19-8-10-20(11-9-19)34(30,31)27-14-12-26(13-15-27)17-28-24(33)29-22-7-5-4-6-21(22)18(2)16-23(29)25-28/h4-11,16H,3,12-15,17H2,1-2H3. The Morgan fingerprint density at radius 3 is 2.44 bits per heavy atom. The largest absolute Gasteiger partial charge is 0.494 e. The fraction of sp³-hybridized carbons (Fsp3) is 0.333. The van der Waals surface area contributed by atoms with E-state index in [-0.39, 0.29) is 4.90 Å². The number of aryl methyl sites for hydroxylation is 1. The van der Waals surface area contributed by atoms with Crippen molar-refractivity contribution in [2.24, 2.45) is 0 Å². The summed E-state index contributed by atoms with van der Waals surface area (Å²) in [6, 6.07) is 16.8. The third-order valence-electron chi connectivity index (χ3n) is 6.22. The SMILES string of the molecule is CCOc1ccc(S(=O)(=O)N2CCN(Cn3nc4cc(C)c5ccccc5n4c3=S)CC2)cc1. The number of aromatic nitrogens is 3. The van der Waals surface area contributed by atoms with Crippen molar-refractivity contribution in [1.82, 2.24) is 23.4 Å². The number of hydrogen-bond acceptors (Lipinski definition) is 6. The van der Waals surface area contributed by atoms with Crippen LogP contribution in [0.2, 0.25) is 0 Å². The average Bonchev–Trinajstić information content (AvgIpc) is 3.15. The summed E-state index contributed by atoms with van der Waals surface area (Å²) in [7, 11) is -3.54. The maximum absolute atomic E-state index is 13.1. The Labute approximate surface area is 204 Å². The first kappa shape index (κ1) is 23.0. The highest BCUT2D eigenvalue weighted by Gasteiger charge is 2.29. The van der Waals surface area contributed by atoms with E-state index >= 15 is 0 Å². The van der Waals surface area contributed by atoms with Gasteiger partial charge in [-0.2, -0.15) is 9.40 Å². The van der Waals surface area contributed by atoms with Gasteiger partial charge in [0, 0.05) is 31.6 Å². The highest BCUT2D eigenvalue weighted by atomic mass is 32.2. The highest BCUT2D eigenvalue weighted by Crippen LogP contribution is 2.23. The average molecular weight is 498 g/mol. The van der Waals surface area contributed by atoms with Crippen molar-refractivity contribution in [2.45, 2.75) is 25.4 Å². The minimum absolute atomic E-state index is 0.286. The quantitative estimate of drug-likeness (QED) is 0.379. The molecular weight excluding hydrogens is 470 g/mol. The van der Waals surface area contributed by atoms with Gasteiger partial charge in [0.05, 0.1) is 23.7 Å². The lowest BCUT2D eigenvalue weighted by Gasteiger charge is -2.33. The summed E-state index contributed by atoms with van der Waals surface area (Å²) in [5.74, 6) is 0.665. The van der Waals surface area contributed by atoms with Crippen LogP contribution >= 0.6 is 12.2 Å². The Morgan fingerprint density at radius 1 is 1.03 bits per heavy atom. The lowest BCUT2D eigenvalue weighted by atomic mass is 10.1. The van der Waals surface area contributed by atoms with Gasteiger partial charge in [0.1, 0.15) is 5.75 Å². The zero-order chi connectivity index (χ0) is 23.9. The fourth-order valence-corrected chi connectivity index (χ4v) is 6.15. The predicted octanol–water partition coefficient (Wildman–Crippen LogP) is 3.69. The molecule has 2 aromatic carbocycles. The molecule has 0 bridgehead atoms. The van der Waals surface area contributed by atoms with Crippen LogP contribution in [0.3, 0.4) is 0 Å². The molecule has 0 saturated carbocycles. The van der Waals surface area contributed by atoms with Crippen LogP contribution in [0.1, 0.15) is 12.5 Å². The monoisotopic (exact) mass is 497 g/mol. The van der Waals surface area contributed by atoms with E-state index in [1.807, 2.05) is 28.1 Å². The first-order chi connectivity index (χ1) is 16.4. The molecule has 0 spiro atoms. The van der Waals surface area contributed by atoms with Crippen LogP contribution in [-0.2, 0) is 16.7 Å². The molecule has 0 N–H and O–H groups in total. The van der Waals surface area contributed by atoms with E-state index in [9.17, 15) is 8.42 Å². The Bertz CT molecular complexity index is 1500. The molecular formula is C24H27N5O3S2. The molecule has 0 aliphatic carbocycles. The number of fused-ring (bicyclic) bond motifs is 3. The van der Waals surface area contributed by atoms with E-state index in [0.29, 0.717) is 50.0 Å². The van der Waals surface area contributed by atoms with E-state index < -0.39 is 10.0 Å². The van der Waals surface area contributed by atoms with Crippen LogP contribution < -0.4 is 4.74 Å². The normalized spacial score (nSPS) is 15.8. The molecule has 5 rings (SSSR count). The molecule has 1 saturated heterocycles. The zero-order valence-electron chi connectivity index (χ0n) is 19.2. The van der Waals surface area contributed by atoms with E-state index in [4.69, 9.17) is 22.1 Å². The molecule has 1 fully saturated rings. The summed E-state index contributed by atoms with van der Waals surface area (Å²) >= 11 is 5.76. The van der Waals surface area contributed by atoms with E-state index in [0.717, 1.165) is 22.1 Å². The van der Waals surface area contributed by atoms with Crippen molar-refractivity contribution >= 4 is 38.8 Å². The molecule has 3 heterocycles. The van der Waals surface area contributed by atoms with Crippen LogP contribution in [0, 0.1) is 11.7 Å². The second kappa shape index (κ2) is 9.10. The van der Waals surface area contributed by atoms with Gasteiger partial charge in [-0.3, -0.25) is 9.30 Å². The second-order valence-corrected chi connectivity index (χ2v) is 10.7. The van der Waals surface area contributed by atoms with E-state index in [2.05, 4.69) is 30.0 Å². The van der Waals surface area contributed by atoms with Crippen LogP contribution in [0.15, 0.2) is 59.5 Å². The third kappa shape index (κ3) is 4.11. The number of sulfonamides is 1. The summed E-state index contributed by atoms with van der Waals surface area (Å²) in [5, 5.41) is 5.90. The molecule has 1 aliphatic rings. The summed E-state index contributed by atoms with van der Waals surface area (Å²) in [6.07, 6.45) is 0. The lowest BCUT2D eigenvalue weighted by Crippen LogP contribution is -2.48. The van der Waals surface area contributed by atoms with Gasteiger partial charge >= 0.3 is 0 Å². The number of piperazine rings is 1. The van der Waals surface area contributed by atoms with Crippen molar-refractivity contribution in [3.05, 3.63) is 64.9 Å². The molecule has 0 amide bonds. The van der Waals surface area contributed by atoms with Crippen LogP contribution in [-0.4, -0.2) is 64.6 Å². The second-order valence-electron chi connectivity index (χ2n) is 8.39. The summed E-state index contributed by atoms with van der Waals surface area (Å²) in [6.45, 7) is 7.07. The van der Waals surface area contributed by atoms with Crippen molar-refractivity contribution in [1.29, 1.82) is 0 Å². The lowest BCUT2D eigenvalue weighted by molar-refractivity contribution is 0.145. The summed E-state index contributed by atoms with van der Waals surface area (Å²) < 4.78 is 37.6. The number of hydrogen-bond donors (Lipinski definition) is 0. The maximum atomic E-state index is 13.1. The predicted molar refractivity (Wildman–Crippen MR) is 134 cm³/mol. The van der Waals surface area contributed by atoms with Gasteiger partial charge in [0.15, 0.2) is 5.65 Å². The van der Waals surface area contributed by atoms with Gasteiger partial charge in [-0.15, -0.1) is 0 Å². The van der Waals surface area contributed by atoms with E-state index in [1.54, 1.807) is 28.6 Å². The van der Waals surface area contributed by atoms with Crippen molar-refractivity contribution < 1.29 is 13.2 Å². The highest BCUT2D eigenvalue weighted by molar-refractivity contribution is 7.89. The number of para-hydroxylation sites is 1. The molecule has 10 heteroatoms. The van der Waals surface area contributed by atoms with Gasteiger partial charge in [-0.1, -0.05) is 18.2 Å². The van der Waals surface area contributed by atoms with Gasteiger partial charge in [0.2, 0.25) is 14.8 Å². The van der Waals surface area contributed by atoms with Crippen molar-refractivity contribution in [3.8, 4) is 5.75 Å². The first-order valence-electron chi connectivity index (χ1n) is 11.3. The van der Waals surface area contributed by atoms with Crippen LogP contribution in [0.5, 0.6) is 5.75 Å². The number of nitrogens with zero attached hydrogens (tertiary/aromatic N) is 5. The smallest absolute Gasteiger partial charge is 0.243 e. The van der Waals surface area contributed by atoms with E-state index in [1.165, 1.54) is 0 Å². The molecule has 1 aliphatic heterocycles. The Kier molecular flexibility index (Phi) is 6.15. The molecule has 178 valence electrons. The third-order valence-corrected chi connectivity index (χ3v) is 8.52. The van der Waals surface area contributed by atoms with Gasteiger partial charge in [-0.25, -0.2) is 13.1 Å².